The average Bonchev–Trinajstić information content (AvgIpc) is 2.95. The minimum absolute atomic E-state index is 0.0213. The van der Waals surface area contributed by atoms with Crippen molar-refractivity contribution in [2.45, 2.75) is 83.3 Å². The van der Waals surface area contributed by atoms with Gasteiger partial charge in [0.05, 0.1) is 40.0 Å². The lowest BCUT2D eigenvalue weighted by Gasteiger charge is -2.39. The molecule has 0 N–H and O–H groups in total. The smallest absolute Gasteiger partial charge is 0.416 e. The Labute approximate surface area is 279 Å². The van der Waals surface area contributed by atoms with Gasteiger partial charge in [-0.2, -0.15) is 13.2 Å². The van der Waals surface area contributed by atoms with Gasteiger partial charge >= 0.3 is 12.3 Å². The molecule has 3 aromatic rings. The van der Waals surface area contributed by atoms with Gasteiger partial charge in [-0.1, -0.05) is 18.5 Å². The van der Waals surface area contributed by atoms with Crippen molar-refractivity contribution in [1.82, 2.24) is 19.4 Å². The number of rotatable bonds is 8. The fourth-order valence-electron chi connectivity index (χ4n) is 5.65. The Bertz CT molecular complexity index is 1790. The number of carbonyl (C=O) groups excluding carboxylic acids is 1. The van der Waals surface area contributed by atoms with Crippen LogP contribution in [-0.2, 0) is 33.8 Å². The Morgan fingerprint density at radius 2 is 1.87 bits per heavy atom. The van der Waals surface area contributed by atoms with Crippen molar-refractivity contribution < 1.29 is 31.1 Å². The lowest BCUT2D eigenvalue weighted by Crippen LogP contribution is -2.51. The van der Waals surface area contributed by atoms with E-state index in [1.807, 2.05) is 11.8 Å². The van der Waals surface area contributed by atoms with Gasteiger partial charge in [0.25, 0.3) is 5.56 Å². The second-order valence-corrected chi connectivity index (χ2v) is 15.7. The molecule has 46 heavy (non-hydrogen) atoms. The lowest BCUT2D eigenvalue weighted by atomic mass is 10.00. The van der Waals surface area contributed by atoms with Crippen molar-refractivity contribution in [3.8, 4) is 0 Å². The van der Waals surface area contributed by atoms with Crippen molar-refractivity contribution in [3.05, 3.63) is 67.1 Å². The summed E-state index contributed by atoms with van der Waals surface area (Å²) >= 11 is 9.45. The highest BCUT2D eigenvalue weighted by molar-refractivity contribution is 9.10. The summed E-state index contributed by atoms with van der Waals surface area (Å²) in [6.07, 6.45) is -2.73. The predicted molar refractivity (Wildman–Crippen MR) is 174 cm³/mol. The standard InChI is InChI=1S/C31H37BrClF3N4O5S/c1-6-40(29(42)45-30(3,4)5)21-9-8-12-38(16-21)17-23-24(31(34,35)36)14-22-27(26(23)32)37-18-39(28(22)41)15-19-13-20(33)10-11-25(19)46(43,44)7-2/h10-11,13-14,18,21H,6-9,12,15-17H2,1-5H3/t21-/m0/s1. The highest BCUT2D eigenvalue weighted by Gasteiger charge is 2.37. The van der Waals surface area contributed by atoms with Crippen LogP contribution in [0.15, 0.2) is 44.8 Å². The van der Waals surface area contributed by atoms with Crippen LogP contribution >= 0.6 is 27.5 Å². The molecule has 15 heteroatoms. The summed E-state index contributed by atoms with van der Waals surface area (Å²) in [4.78, 5) is 34.2. The second kappa shape index (κ2) is 13.8. The third-order valence-electron chi connectivity index (χ3n) is 7.81. The van der Waals surface area contributed by atoms with Gasteiger partial charge in [0.15, 0.2) is 9.84 Å². The zero-order valence-corrected chi connectivity index (χ0v) is 29.4. The largest absolute Gasteiger partial charge is 0.444 e. The quantitative estimate of drug-likeness (QED) is 0.247. The molecule has 0 bridgehead atoms. The van der Waals surface area contributed by atoms with Crippen LogP contribution in [-0.4, -0.2) is 70.9 Å². The summed E-state index contributed by atoms with van der Waals surface area (Å²) in [6.45, 7) is 9.52. The molecule has 1 aliphatic rings. The molecule has 0 aliphatic carbocycles. The molecule has 0 spiro atoms. The van der Waals surface area contributed by atoms with E-state index in [1.54, 1.807) is 25.7 Å². The number of fused-ring (bicyclic) bond motifs is 1. The summed E-state index contributed by atoms with van der Waals surface area (Å²) in [5.74, 6) is -0.188. The number of aromatic nitrogens is 2. The summed E-state index contributed by atoms with van der Waals surface area (Å²) in [6, 6.07) is 4.74. The molecule has 1 amide bonds. The van der Waals surface area contributed by atoms with Crippen molar-refractivity contribution in [1.29, 1.82) is 0 Å². The first-order chi connectivity index (χ1) is 21.4. The fourth-order valence-corrected chi connectivity index (χ4v) is 7.61. The summed E-state index contributed by atoms with van der Waals surface area (Å²) in [7, 11) is -3.68. The zero-order valence-electron chi connectivity index (χ0n) is 26.2. The number of likely N-dealkylation sites (tertiary alicyclic amines) is 1. The van der Waals surface area contributed by atoms with Crippen LogP contribution in [0.3, 0.4) is 0 Å². The molecule has 9 nitrogen and oxygen atoms in total. The number of piperidine rings is 1. The first kappa shape index (κ1) is 36.2. The minimum Gasteiger partial charge on any atom is -0.444 e. The molecule has 1 aromatic heterocycles. The third-order valence-corrected chi connectivity index (χ3v) is 10.7. The molecule has 0 radical (unpaired) electrons. The Morgan fingerprint density at radius 3 is 2.48 bits per heavy atom. The molecule has 0 saturated carbocycles. The van der Waals surface area contributed by atoms with Crippen LogP contribution in [0.1, 0.15) is 64.2 Å². The fraction of sp³-hybridized carbons (Fsp3) is 0.516. The molecule has 252 valence electrons. The van der Waals surface area contributed by atoms with Crippen molar-refractivity contribution in [2.75, 3.05) is 25.4 Å². The van der Waals surface area contributed by atoms with Gasteiger partial charge in [0, 0.05) is 35.2 Å². The molecule has 1 aliphatic heterocycles. The molecule has 1 fully saturated rings. The van der Waals surface area contributed by atoms with E-state index in [0.717, 1.165) is 10.6 Å². The molecular formula is C31H37BrClF3N4O5S. The van der Waals surface area contributed by atoms with Gasteiger partial charge in [-0.15, -0.1) is 0 Å². The Balaban J connectivity index is 1.72. The number of amides is 1. The normalized spacial score (nSPS) is 16.5. The number of carbonyl (C=O) groups is 1. The molecule has 2 heterocycles. The minimum atomic E-state index is -4.80. The topological polar surface area (TPSA) is 102 Å². The van der Waals surface area contributed by atoms with E-state index in [1.165, 1.54) is 31.5 Å². The number of ether oxygens (including phenoxy) is 1. The predicted octanol–water partition coefficient (Wildman–Crippen LogP) is 6.89. The van der Waals surface area contributed by atoms with Crippen LogP contribution in [0.25, 0.3) is 10.9 Å². The van der Waals surface area contributed by atoms with Gasteiger partial charge in [0.1, 0.15) is 5.60 Å². The van der Waals surface area contributed by atoms with Crippen molar-refractivity contribution in [3.63, 3.8) is 0 Å². The number of nitrogens with zero attached hydrogens (tertiary/aromatic N) is 4. The van der Waals surface area contributed by atoms with Gasteiger partial charge < -0.3 is 9.64 Å². The molecule has 1 atom stereocenters. The summed E-state index contributed by atoms with van der Waals surface area (Å²) < 4.78 is 75.7. The van der Waals surface area contributed by atoms with Crippen LogP contribution in [0.5, 0.6) is 0 Å². The maximum Gasteiger partial charge on any atom is 0.416 e. The van der Waals surface area contributed by atoms with E-state index in [9.17, 15) is 31.2 Å². The highest BCUT2D eigenvalue weighted by atomic mass is 79.9. The van der Waals surface area contributed by atoms with E-state index in [4.69, 9.17) is 16.3 Å². The number of likely N-dealkylation sites (N-methyl/N-ethyl adjacent to an activating group) is 1. The Hall–Kier alpha value is -2.68. The number of hydrogen-bond acceptors (Lipinski definition) is 7. The number of benzene rings is 2. The van der Waals surface area contributed by atoms with E-state index in [2.05, 4.69) is 20.9 Å². The van der Waals surface area contributed by atoms with Crippen molar-refractivity contribution >= 4 is 54.4 Å². The molecule has 1 saturated heterocycles. The lowest BCUT2D eigenvalue weighted by molar-refractivity contribution is -0.138. The van der Waals surface area contributed by atoms with E-state index >= 15 is 0 Å². The summed E-state index contributed by atoms with van der Waals surface area (Å²) in [5.41, 5.74) is -2.24. The van der Waals surface area contributed by atoms with E-state index < -0.39 is 38.8 Å². The van der Waals surface area contributed by atoms with Crippen LogP contribution in [0.2, 0.25) is 5.02 Å². The second-order valence-electron chi connectivity index (χ2n) is 12.2. The van der Waals surface area contributed by atoms with Crippen molar-refractivity contribution in [2.24, 2.45) is 0 Å². The van der Waals surface area contributed by atoms with Gasteiger partial charge in [-0.3, -0.25) is 14.3 Å². The van der Waals surface area contributed by atoms with Crippen LogP contribution < -0.4 is 5.56 Å². The average molecular weight is 750 g/mol. The number of alkyl halides is 3. The summed E-state index contributed by atoms with van der Waals surface area (Å²) in [5, 5.41) is -0.0299. The molecule has 4 rings (SSSR count). The first-order valence-electron chi connectivity index (χ1n) is 14.9. The van der Waals surface area contributed by atoms with E-state index in [0.29, 0.717) is 32.5 Å². The number of sulfone groups is 1. The molecule has 0 unspecified atom stereocenters. The highest BCUT2D eigenvalue weighted by Crippen LogP contribution is 2.39. The van der Waals surface area contributed by atoms with Crippen LogP contribution in [0, 0.1) is 0 Å². The third kappa shape index (κ3) is 8.06. The van der Waals surface area contributed by atoms with Gasteiger partial charge in [0.2, 0.25) is 0 Å². The number of hydrogen-bond donors (Lipinski definition) is 0. The monoisotopic (exact) mass is 748 g/mol. The SMILES string of the molecule is CCN(C(=O)OC(C)(C)C)[C@H]1CCCN(Cc2c(C(F)(F)F)cc3c(=O)n(Cc4cc(Cl)ccc4S(=O)(=O)CC)cnc3c2Br)C1. The first-order valence-corrected chi connectivity index (χ1v) is 17.7. The van der Waals surface area contributed by atoms with Gasteiger partial charge in [-0.05, 0) is 98.4 Å². The Kier molecular flexibility index (Phi) is 10.9. The van der Waals surface area contributed by atoms with E-state index in [-0.39, 0.29) is 61.3 Å². The zero-order chi connectivity index (χ0) is 34.2. The number of halogens is 5. The molecular weight excluding hydrogens is 713 g/mol. The maximum atomic E-state index is 14.6. The maximum absolute atomic E-state index is 14.6. The Morgan fingerprint density at radius 1 is 1.17 bits per heavy atom. The molecule has 2 aromatic carbocycles. The van der Waals surface area contributed by atoms with Gasteiger partial charge in [-0.25, -0.2) is 18.2 Å². The van der Waals surface area contributed by atoms with Crippen LogP contribution in [0.4, 0.5) is 18.0 Å².